The average molecular weight is 226 g/mol. The fourth-order valence-corrected chi connectivity index (χ4v) is 2.88. The Bertz CT molecular complexity index is 185. The number of piperidine rings is 1. The van der Waals surface area contributed by atoms with Gasteiger partial charge in [0.25, 0.3) is 0 Å². The van der Waals surface area contributed by atoms with Crippen LogP contribution in [-0.4, -0.2) is 38.1 Å². The fraction of sp³-hybridized carbons (Fsp3) is 1.00. The lowest BCUT2D eigenvalue weighted by Gasteiger charge is -2.40. The molecule has 0 aromatic carbocycles. The second kappa shape index (κ2) is 6.61. The van der Waals surface area contributed by atoms with Crippen molar-refractivity contribution in [2.75, 3.05) is 33.2 Å². The van der Waals surface area contributed by atoms with Crippen LogP contribution in [0.2, 0.25) is 0 Å². The number of rotatable bonds is 6. The molecule has 2 nitrogen and oxygen atoms in total. The van der Waals surface area contributed by atoms with Gasteiger partial charge in [-0.05, 0) is 50.7 Å². The number of hydrogen-bond donors (Lipinski definition) is 1. The standard InChI is InChI=1S/C14H30N2/c1-5-13(3)11-16(4)12-14(6-2)7-9-15-10-8-14/h13,15H,5-12H2,1-4H3. The van der Waals surface area contributed by atoms with E-state index in [-0.39, 0.29) is 0 Å². The van der Waals surface area contributed by atoms with Crippen LogP contribution >= 0.6 is 0 Å². The SMILES string of the molecule is CCC(C)CN(C)CC1(CC)CCNCC1. The molecule has 16 heavy (non-hydrogen) atoms. The Kier molecular flexibility index (Phi) is 5.77. The molecule has 0 radical (unpaired) electrons. The van der Waals surface area contributed by atoms with E-state index in [4.69, 9.17) is 0 Å². The van der Waals surface area contributed by atoms with E-state index in [2.05, 4.69) is 38.0 Å². The molecule has 1 N–H and O–H groups in total. The first-order valence-electron chi connectivity index (χ1n) is 7.01. The highest BCUT2D eigenvalue weighted by Gasteiger charge is 2.31. The second-order valence-corrected chi connectivity index (χ2v) is 5.81. The van der Waals surface area contributed by atoms with Gasteiger partial charge in [-0.15, -0.1) is 0 Å². The van der Waals surface area contributed by atoms with E-state index in [0.717, 1.165) is 5.92 Å². The molecule has 1 unspecified atom stereocenters. The Morgan fingerprint density at radius 2 is 1.88 bits per heavy atom. The molecule has 1 fully saturated rings. The Morgan fingerprint density at radius 1 is 1.25 bits per heavy atom. The number of nitrogens with one attached hydrogen (secondary N) is 1. The van der Waals surface area contributed by atoms with Gasteiger partial charge in [0.1, 0.15) is 0 Å². The van der Waals surface area contributed by atoms with Crippen molar-refractivity contribution in [1.29, 1.82) is 0 Å². The number of nitrogens with zero attached hydrogens (tertiary/aromatic N) is 1. The maximum atomic E-state index is 3.48. The maximum absolute atomic E-state index is 3.48. The molecule has 1 saturated heterocycles. The number of hydrogen-bond acceptors (Lipinski definition) is 2. The van der Waals surface area contributed by atoms with E-state index >= 15 is 0 Å². The van der Waals surface area contributed by atoms with Crippen LogP contribution in [0, 0.1) is 11.3 Å². The van der Waals surface area contributed by atoms with E-state index in [9.17, 15) is 0 Å². The Labute approximate surface area is 102 Å². The minimum Gasteiger partial charge on any atom is -0.317 e. The zero-order valence-electron chi connectivity index (χ0n) is 11.7. The van der Waals surface area contributed by atoms with Crippen molar-refractivity contribution >= 4 is 0 Å². The predicted octanol–water partition coefficient (Wildman–Crippen LogP) is 2.74. The van der Waals surface area contributed by atoms with Gasteiger partial charge in [0.15, 0.2) is 0 Å². The molecule has 0 amide bonds. The Balaban J connectivity index is 2.42. The van der Waals surface area contributed by atoms with Crippen molar-refractivity contribution in [2.24, 2.45) is 11.3 Å². The molecule has 0 aliphatic carbocycles. The summed E-state index contributed by atoms with van der Waals surface area (Å²) in [6, 6.07) is 0. The van der Waals surface area contributed by atoms with E-state index in [1.165, 1.54) is 51.9 Å². The van der Waals surface area contributed by atoms with Crippen molar-refractivity contribution in [3.63, 3.8) is 0 Å². The summed E-state index contributed by atoms with van der Waals surface area (Å²) in [6.07, 6.45) is 5.34. The normalized spacial score (nSPS) is 22.3. The quantitative estimate of drug-likeness (QED) is 0.749. The van der Waals surface area contributed by atoms with Crippen molar-refractivity contribution in [3.05, 3.63) is 0 Å². The zero-order chi connectivity index (χ0) is 12.0. The molecule has 1 rings (SSSR count). The van der Waals surface area contributed by atoms with Crippen LogP contribution in [0.3, 0.4) is 0 Å². The highest BCUT2D eigenvalue weighted by atomic mass is 15.1. The maximum Gasteiger partial charge on any atom is 0.00359 e. The fourth-order valence-electron chi connectivity index (χ4n) is 2.88. The molecule has 1 atom stereocenters. The summed E-state index contributed by atoms with van der Waals surface area (Å²) in [7, 11) is 2.30. The summed E-state index contributed by atoms with van der Waals surface area (Å²) < 4.78 is 0. The monoisotopic (exact) mass is 226 g/mol. The molecular weight excluding hydrogens is 196 g/mol. The van der Waals surface area contributed by atoms with Gasteiger partial charge in [0.05, 0.1) is 0 Å². The predicted molar refractivity (Wildman–Crippen MR) is 71.8 cm³/mol. The minimum atomic E-state index is 0.591. The molecule has 0 saturated carbocycles. The molecule has 0 spiro atoms. The third kappa shape index (κ3) is 4.06. The van der Waals surface area contributed by atoms with E-state index < -0.39 is 0 Å². The van der Waals surface area contributed by atoms with Crippen LogP contribution in [0.5, 0.6) is 0 Å². The lowest BCUT2D eigenvalue weighted by atomic mass is 9.76. The molecule has 1 heterocycles. The summed E-state index contributed by atoms with van der Waals surface area (Å²) in [4.78, 5) is 2.56. The van der Waals surface area contributed by atoms with Gasteiger partial charge in [-0.3, -0.25) is 0 Å². The van der Waals surface area contributed by atoms with Crippen LogP contribution in [-0.2, 0) is 0 Å². The molecule has 0 aromatic heterocycles. The van der Waals surface area contributed by atoms with Crippen LogP contribution in [0.4, 0.5) is 0 Å². The highest BCUT2D eigenvalue weighted by molar-refractivity contribution is 4.86. The van der Waals surface area contributed by atoms with E-state index in [1.54, 1.807) is 0 Å². The largest absolute Gasteiger partial charge is 0.317 e. The summed E-state index contributed by atoms with van der Waals surface area (Å²) in [6.45, 7) is 12.0. The first kappa shape index (κ1) is 14.0. The summed E-state index contributed by atoms with van der Waals surface area (Å²) in [5, 5.41) is 3.48. The Morgan fingerprint density at radius 3 is 2.38 bits per heavy atom. The zero-order valence-corrected chi connectivity index (χ0v) is 11.7. The first-order valence-corrected chi connectivity index (χ1v) is 7.01. The summed E-state index contributed by atoms with van der Waals surface area (Å²) >= 11 is 0. The minimum absolute atomic E-state index is 0.591. The van der Waals surface area contributed by atoms with Gasteiger partial charge < -0.3 is 10.2 Å². The van der Waals surface area contributed by atoms with Gasteiger partial charge in [0.2, 0.25) is 0 Å². The van der Waals surface area contributed by atoms with Crippen molar-refractivity contribution in [2.45, 2.75) is 46.5 Å². The third-order valence-electron chi connectivity index (χ3n) is 4.34. The highest BCUT2D eigenvalue weighted by Crippen LogP contribution is 2.33. The van der Waals surface area contributed by atoms with Gasteiger partial charge in [-0.2, -0.15) is 0 Å². The summed E-state index contributed by atoms with van der Waals surface area (Å²) in [5.74, 6) is 0.834. The topological polar surface area (TPSA) is 15.3 Å². The smallest absolute Gasteiger partial charge is 0.00359 e. The lowest BCUT2D eigenvalue weighted by Crippen LogP contribution is -2.44. The molecule has 1 aliphatic heterocycles. The van der Waals surface area contributed by atoms with E-state index in [1.807, 2.05) is 0 Å². The van der Waals surface area contributed by atoms with Crippen LogP contribution < -0.4 is 5.32 Å². The van der Waals surface area contributed by atoms with Crippen LogP contribution in [0.1, 0.15) is 46.5 Å². The lowest BCUT2D eigenvalue weighted by molar-refractivity contribution is 0.114. The van der Waals surface area contributed by atoms with Gasteiger partial charge >= 0.3 is 0 Å². The third-order valence-corrected chi connectivity index (χ3v) is 4.34. The molecule has 96 valence electrons. The molecule has 2 heteroatoms. The van der Waals surface area contributed by atoms with E-state index in [0.29, 0.717) is 5.41 Å². The van der Waals surface area contributed by atoms with Crippen molar-refractivity contribution in [3.8, 4) is 0 Å². The molecular formula is C14H30N2. The van der Waals surface area contributed by atoms with Crippen molar-refractivity contribution in [1.82, 2.24) is 10.2 Å². The van der Waals surface area contributed by atoms with Gasteiger partial charge in [-0.1, -0.05) is 27.2 Å². The molecule has 0 aromatic rings. The second-order valence-electron chi connectivity index (χ2n) is 5.81. The van der Waals surface area contributed by atoms with Gasteiger partial charge in [0, 0.05) is 13.1 Å². The van der Waals surface area contributed by atoms with Gasteiger partial charge in [-0.25, -0.2) is 0 Å². The molecule has 0 bridgehead atoms. The Hall–Kier alpha value is -0.0800. The average Bonchev–Trinajstić information content (AvgIpc) is 2.29. The first-order chi connectivity index (χ1) is 7.62. The van der Waals surface area contributed by atoms with Crippen LogP contribution in [0.15, 0.2) is 0 Å². The summed E-state index contributed by atoms with van der Waals surface area (Å²) in [5.41, 5.74) is 0.591. The molecule has 1 aliphatic rings. The van der Waals surface area contributed by atoms with Crippen molar-refractivity contribution < 1.29 is 0 Å². The van der Waals surface area contributed by atoms with Crippen LogP contribution in [0.25, 0.3) is 0 Å².